The number of alkyl halides is 2. The zero-order valence-corrected chi connectivity index (χ0v) is 13.9. The number of aryl methyl sites for hydroxylation is 1. The first-order chi connectivity index (χ1) is 9.95. The molecular weight excluding hydrogens is 387 g/mol. The Kier molecular flexibility index (Phi) is 5.39. The number of ether oxygens (including phenoxy) is 1. The third-order valence-corrected chi connectivity index (χ3v) is 4.30. The summed E-state index contributed by atoms with van der Waals surface area (Å²) in [5.74, 6) is 0.176. The fourth-order valence-corrected chi connectivity index (χ4v) is 2.49. The van der Waals surface area contributed by atoms with Gasteiger partial charge in [0, 0.05) is 15.3 Å². The highest BCUT2D eigenvalue weighted by atomic mass is 127. The number of nitrogens with one attached hydrogen (secondary N) is 1. The molecular formula is C16H16F2INO. The smallest absolute Gasteiger partial charge is 0.387 e. The number of anilines is 1. The van der Waals surface area contributed by atoms with Crippen LogP contribution >= 0.6 is 22.6 Å². The van der Waals surface area contributed by atoms with Gasteiger partial charge in [-0.1, -0.05) is 18.2 Å². The first kappa shape index (κ1) is 16.0. The molecule has 1 atom stereocenters. The van der Waals surface area contributed by atoms with Gasteiger partial charge in [-0.3, -0.25) is 0 Å². The molecule has 2 aromatic rings. The lowest BCUT2D eigenvalue weighted by molar-refractivity contribution is -0.0498. The zero-order chi connectivity index (χ0) is 15.4. The highest BCUT2D eigenvalue weighted by Crippen LogP contribution is 2.25. The molecule has 0 spiro atoms. The van der Waals surface area contributed by atoms with Gasteiger partial charge in [0.25, 0.3) is 0 Å². The Bertz CT molecular complexity index is 619. The van der Waals surface area contributed by atoms with Crippen molar-refractivity contribution < 1.29 is 13.5 Å². The second-order valence-corrected chi connectivity index (χ2v) is 5.94. The molecule has 1 unspecified atom stereocenters. The van der Waals surface area contributed by atoms with Crippen LogP contribution in [0, 0.1) is 10.5 Å². The standard InChI is InChI=1S/C16H16F2INO/c1-10-6-7-13(9-15(10)19)20-11(2)12-4-3-5-14(8-12)21-16(17)18/h3-9,11,16,20H,1-2H3. The summed E-state index contributed by atoms with van der Waals surface area (Å²) in [7, 11) is 0. The van der Waals surface area contributed by atoms with Gasteiger partial charge in [-0.25, -0.2) is 0 Å². The van der Waals surface area contributed by atoms with Crippen molar-refractivity contribution in [2.75, 3.05) is 5.32 Å². The van der Waals surface area contributed by atoms with Crippen molar-refractivity contribution in [3.8, 4) is 5.75 Å². The van der Waals surface area contributed by atoms with Crippen molar-refractivity contribution in [2.45, 2.75) is 26.5 Å². The Balaban J connectivity index is 2.12. The molecule has 0 aliphatic heterocycles. The summed E-state index contributed by atoms with van der Waals surface area (Å²) in [5, 5.41) is 3.36. The van der Waals surface area contributed by atoms with E-state index in [0.717, 1.165) is 11.3 Å². The minimum atomic E-state index is -2.80. The largest absolute Gasteiger partial charge is 0.435 e. The molecule has 0 aromatic heterocycles. The van der Waals surface area contributed by atoms with E-state index in [1.165, 1.54) is 15.2 Å². The Labute approximate surface area is 136 Å². The van der Waals surface area contributed by atoms with E-state index in [9.17, 15) is 8.78 Å². The van der Waals surface area contributed by atoms with Crippen LogP contribution in [0.1, 0.15) is 24.1 Å². The number of rotatable bonds is 5. The lowest BCUT2D eigenvalue weighted by Crippen LogP contribution is -2.08. The van der Waals surface area contributed by atoms with Gasteiger partial charge in [0.1, 0.15) is 5.75 Å². The third kappa shape index (κ3) is 4.56. The predicted molar refractivity (Wildman–Crippen MR) is 89.0 cm³/mol. The molecule has 0 aliphatic rings. The second-order valence-electron chi connectivity index (χ2n) is 4.78. The molecule has 0 saturated carbocycles. The summed E-state index contributed by atoms with van der Waals surface area (Å²) in [6.45, 7) is 1.23. The first-order valence-corrected chi connectivity index (χ1v) is 7.61. The van der Waals surface area contributed by atoms with E-state index in [0.29, 0.717) is 0 Å². The first-order valence-electron chi connectivity index (χ1n) is 6.53. The lowest BCUT2D eigenvalue weighted by atomic mass is 10.1. The molecule has 2 aromatic carbocycles. The molecule has 21 heavy (non-hydrogen) atoms. The number of hydrogen-bond acceptors (Lipinski definition) is 2. The number of benzene rings is 2. The summed E-state index contributed by atoms with van der Waals surface area (Å²) in [5.41, 5.74) is 3.11. The maximum atomic E-state index is 12.2. The predicted octanol–water partition coefficient (Wildman–Crippen LogP) is 5.37. The van der Waals surface area contributed by atoms with Crippen LogP contribution in [0.25, 0.3) is 0 Å². The fourth-order valence-electron chi connectivity index (χ4n) is 1.98. The number of halogens is 3. The summed E-state index contributed by atoms with van der Waals surface area (Å²) in [4.78, 5) is 0. The molecule has 0 heterocycles. The van der Waals surface area contributed by atoms with Crippen molar-refractivity contribution >= 4 is 28.3 Å². The molecule has 2 rings (SSSR count). The fraction of sp³-hybridized carbons (Fsp3) is 0.250. The second kappa shape index (κ2) is 7.06. The van der Waals surface area contributed by atoms with Crippen LogP contribution in [-0.2, 0) is 0 Å². The molecule has 2 nitrogen and oxygen atoms in total. The maximum Gasteiger partial charge on any atom is 0.387 e. The Morgan fingerprint density at radius 2 is 1.90 bits per heavy atom. The van der Waals surface area contributed by atoms with Gasteiger partial charge >= 0.3 is 6.61 Å². The summed E-state index contributed by atoms with van der Waals surface area (Å²) >= 11 is 2.29. The van der Waals surface area contributed by atoms with Crippen LogP contribution in [0.15, 0.2) is 42.5 Å². The summed E-state index contributed by atoms with van der Waals surface area (Å²) in [6.07, 6.45) is 0. The van der Waals surface area contributed by atoms with Gasteiger partial charge < -0.3 is 10.1 Å². The van der Waals surface area contributed by atoms with Crippen LogP contribution in [0.5, 0.6) is 5.75 Å². The van der Waals surface area contributed by atoms with Crippen LogP contribution in [0.3, 0.4) is 0 Å². The summed E-state index contributed by atoms with van der Waals surface area (Å²) in [6, 6.07) is 12.9. The van der Waals surface area contributed by atoms with Crippen molar-refractivity contribution in [1.29, 1.82) is 0 Å². The van der Waals surface area contributed by atoms with E-state index < -0.39 is 6.61 Å². The van der Waals surface area contributed by atoms with Crippen molar-refractivity contribution in [2.24, 2.45) is 0 Å². The van der Waals surface area contributed by atoms with E-state index in [4.69, 9.17) is 0 Å². The normalized spacial score (nSPS) is 12.3. The van der Waals surface area contributed by atoms with Crippen molar-refractivity contribution in [3.05, 3.63) is 57.2 Å². The van der Waals surface area contributed by atoms with Gasteiger partial charge in [0.05, 0.1) is 0 Å². The van der Waals surface area contributed by atoms with Gasteiger partial charge in [-0.15, -0.1) is 0 Å². The quantitative estimate of drug-likeness (QED) is 0.678. The highest BCUT2D eigenvalue weighted by Gasteiger charge is 2.09. The van der Waals surface area contributed by atoms with Crippen LogP contribution in [-0.4, -0.2) is 6.61 Å². The molecule has 5 heteroatoms. The minimum Gasteiger partial charge on any atom is -0.435 e. The molecule has 0 saturated heterocycles. The molecule has 112 valence electrons. The Hall–Kier alpha value is -1.37. The van der Waals surface area contributed by atoms with Crippen LogP contribution < -0.4 is 10.1 Å². The van der Waals surface area contributed by atoms with Gasteiger partial charge in [0.15, 0.2) is 0 Å². The average molecular weight is 403 g/mol. The van der Waals surface area contributed by atoms with Gasteiger partial charge in [-0.2, -0.15) is 8.78 Å². The molecule has 0 radical (unpaired) electrons. The van der Waals surface area contributed by atoms with E-state index in [-0.39, 0.29) is 11.8 Å². The monoisotopic (exact) mass is 403 g/mol. The van der Waals surface area contributed by atoms with E-state index in [1.807, 2.05) is 25.1 Å². The highest BCUT2D eigenvalue weighted by molar-refractivity contribution is 14.1. The topological polar surface area (TPSA) is 21.3 Å². The average Bonchev–Trinajstić information content (AvgIpc) is 2.42. The van der Waals surface area contributed by atoms with Crippen molar-refractivity contribution in [3.63, 3.8) is 0 Å². The Morgan fingerprint density at radius 1 is 1.14 bits per heavy atom. The Morgan fingerprint density at radius 3 is 2.57 bits per heavy atom. The molecule has 1 N–H and O–H groups in total. The molecule has 0 amide bonds. The number of hydrogen-bond donors (Lipinski definition) is 1. The van der Waals surface area contributed by atoms with E-state index in [2.05, 4.69) is 45.6 Å². The summed E-state index contributed by atoms with van der Waals surface area (Å²) < 4.78 is 30.1. The SMILES string of the molecule is Cc1ccc(NC(C)c2cccc(OC(F)F)c2)cc1I. The molecule has 0 fully saturated rings. The molecule has 0 bridgehead atoms. The van der Waals surface area contributed by atoms with Gasteiger partial charge in [-0.05, 0) is 71.8 Å². The van der Waals surface area contributed by atoms with Crippen molar-refractivity contribution in [1.82, 2.24) is 0 Å². The van der Waals surface area contributed by atoms with Crippen LogP contribution in [0.2, 0.25) is 0 Å². The van der Waals surface area contributed by atoms with E-state index in [1.54, 1.807) is 12.1 Å². The van der Waals surface area contributed by atoms with Gasteiger partial charge in [0.2, 0.25) is 0 Å². The zero-order valence-electron chi connectivity index (χ0n) is 11.7. The maximum absolute atomic E-state index is 12.2. The minimum absolute atomic E-state index is 0.00951. The lowest BCUT2D eigenvalue weighted by Gasteiger charge is -2.17. The third-order valence-electron chi connectivity index (χ3n) is 3.14. The molecule has 0 aliphatic carbocycles. The van der Waals surface area contributed by atoms with E-state index >= 15 is 0 Å². The van der Waals surface area contributed by atoms with Crippen LogP contribution in [0.4, 0.5) is 14.5 Å².